The lowest BCUT2D eigenvalue weighted by Gasteiger charge is -2.13. The maximum Gasteiger partial charge on any atom is 0.310 e. The number of carbonyl (C=O) groups is 1. The molecule has 0 saturated carbocycles. The van der Waals surface area contributed by atoms with Crippen molar-refractivity contribution in [2.24, 2.45) is 0 Å². The van der Waals surface area contributed by atoms with Crippen LogP contribution in [0, 0.1) is 10.1 Å². The fourth-order valence-electron chi connectivity index (χ4n) is 2.09. The predicted molar refractivity (Wildman–Crippen MR) is 86.5 cm³/mol. The van der Waals surface area contributed by atoms with Crippen LogP contribution >= 0.6 is 0 Å². The van der Waals surface area contributed by atoms with Crippen LogP contribution in [-0.4, -0.2) is 24.0 Å². The summed E-state index contributed by atoms with van der Waals surface area (Å²) in [6.07, 6.45) is 0. The van der Waals surface area contributed by atoms with Gasteiger partial charge < -0.3 is 10.1 Å². The van der Waals surface area contributed by atoms with Gasteiger partial charge in [0.25, 0.3) is 5.91 Å². The van der Waals surface area contributed by atoms with E-state index in [4.69, 9.17) is 4.74 Å². The molecule has 1 atom stereocenters. The third-order valence-corrected chi connectivity index (χ3v) is 3.39. The van der Waals surface area contributed by atoms with E-state index >= 15 is 0 Å². The molecular weight excluding hydrogens is 296 g/mol. The van der Waals surface area contributed by atoms with Crippen LogP contribution in [0.5, 0.6) is 5.75 Å². The minimum Gasteiger partial charge on any atom is -0.477 e. The molecule has 2 aromatic rings. The maximum atomic E-state index is 11.8. The molecule has 0 fully saturated rings. The second-order valence-corrected chi connectivity index (χ2v) is 5.13. The molecule has 0 aliphatic heterocycles. The summed E-state index contributed by atoms with van der Waals surface area (Å²) in [6.45, 7) is 2.23. The van der Waals surface area contributed by atoms with Gasteiger partial charge in [-0.15, -0.1) is 0 Å². The molecule has 0 bridgehead atoms. The number of nitrogens with zero attached hydrogens (tertiary/aromatic N) is 1. The summed E-state index contributed by atoms with van der Waals surface area (Å²) in [5.74, 6) is -0.0547. The van der Waals surface area contributed by atoms with Gasteiger partial charge in [0.1, 0.15) is 0 Å². The minimum atomic E-state index is -0.537. The van der Waals surface area contributed by atoms with Gasteiger partial charge in [-0.1, -0.05) is 49.4 Å². The van der Waals surface area contributed by atoms with Gasteiger partial charge in [-0.2, -0.15) is 0 Å². The molecule has 0 radical (unpaired) electrons. The maximum absolute atomic E-state index is 11.8. The molecule has 23 heavy (non-hydrogen) atoms. The van der Waals surface area contributed by atoms with Gasteiger partial charge in [-0.25, -0.2) is 0 Å². The van der Waals surface area contributed by atoms with Crippen molar-refractivity contribution in [3.63, 3.8) is 0 Å². The summed E-state index contributed by atoms with van der Waals surface area (Å²) in [5, 5.41) is 13.6. The number of nitrogens with one attached hydrogen (secondary N) is 1. The molecule has 0 aliphatic rings. The summed E-state index contributed by atoms with van der Waals surface area (Å²) in [7, 11) is 0. The Morgan fingerprint density at radius 1 is 1.17 bits per heavy atom. The SMILES string of the molecule is CC(CNC(=O)COc1ccccc1[N+](=O)[O-])c1ccccc1. The number of rotatable bonds is 7. The van der Waals surface area contributed by atoms with E-state index in [2.05, 4.69) is 5.32 Å². The number of carbonyl (C=O) groups excluding carboxylic acids is 1. The van der Waals surface area contributed by atoms with E-state index in [1.165, 1.54) is 12.1 Å². The van der Waals surface area contributed by atoms with Crippen LogP contribution in [0.4, 0.5) is 5.69 Å². The first-order chi connectivity index (χ1) is 11.1. The number of amides is 1. The Morgan fingerprint density at radius 3 is 2.52 bits per heavy atom. The smallest absolute Gasteiger partial charge is 0.310 e. The number of nitro groups is 1. The summed E-state index contributed by atoms with van der Waals surface area (Å²) in [6, 6.07) is 15.8. The van der Waals surface area contributed by atoms with Crippen molar-refractivity contribution >= 4 is 11.6 Å². The molecule has 1 N–H and O–H groups in total. The van der Waals surface area contributed by atoms with Crippen molar-refractivity contribution in [1.29, 1.82) is 0 Å². The van der Waals surface area contributed by atoms with E-state index in [1.807, 2.05) is 37.3 Å². The quantitative estimate of drug-likeness (QED) is 0.629. The van der Waals surface area contributed by atoms with Gasteiger partial charge in [-0.3, -0.25) is 14.9 Å². The van der Waals surface area contributed by atoms with E-state index in [9.17, 15) is 14.9 Å². The highest BCUT2D eigenvalue weighted by atomic mass is 16.6. The molecule has 2 aromatic carbocycles. The van der Waals surface area contributed by atoms with Crippen LogP contribution in [0.1, 0.15) is 18.4 Å². The van der Waals surface area contributed by atoms with Crippen molar-refractivity contribution in [3.05, 3.63) is 70.3 Å². The average molecular weight is 314 g/mol. The predicted octanol–water partition coefficient (Wildman–Crippen LogP) is 2.89. The third-order valence-electron chi connectivity index (χ3n) is 3.39. The van der Waals surface area contributed by atoms with Crippen LogP contribution in [-0.2, 0) is 4.79 Å². The van der Waals surface area contributed by atoms with Crippen molar-refractivity contribution in [2.45, 2.75) is 12.8 Å². The summed E-state index contributed by atoms with van der Waals surface area (Å²) < 4.78 is 5.24. The molecule has 0 aromatic heterocycles. The van der Waals surface area contributed by atoms with Crippen LogP contribution in [0.2, 0.25) is 0 Å². The largest absolute Gasteiger partial charge is 0.477 e. The van der Waals surface area contributed by atoms with Crippen molar-refractivity contribution in [1.82, 2.24) is 5.32 Å². The number of benzene rings is 2. The highest BCUT2D eigenvalue weighted by Crippen LogP contribution is 2.25. The Bertz CT molecular complexity index is 673. The zero-order valence-corrected chi connectivity index (χ0v) is 12.8. The first-order valence-corrected chi connectivity index (χ1v) is 7.26. The van der Waals surface area contributed by atoms with E-state index in [-0.39, 0.29) is 29.9 Å². The lowest BCUT2D eigenvalue weighted by Crippen LogP contribution is -2.31. The molecule has 1 amide bonds. The summed E-state index contributed by atoms with van der Waals surface area (Å²) >= 11 is 0. The van der Waals surface area contributed by atoms with E-state index in [0.717, 1.165) is 5.56 Å². The zero-order valence-electron chi connectivity index (χ0n) is 12.8. The molecular formula is C17H18N2O4. The Balaban J connectivity index is 1.83. The summed E-state index contributed by atoms with van der Waals surface area (Å²) in [4.78, 5) is 22.2. The number of nitro benzene ring substituents is 1. The van der Waals surface area contributed by atoms with E-state index < -0.39 is 4.92 Å². The molecule has 0 spiro atoms. The zero-order chi connectivity index (χ0) is 16.7. The first-order valence-electron chi connectivity index (χ1n) is 7.26. The van der Waals surface area contributed by atoms with Gasteiger partial charge in [0, 0.05) is 12.6 Å². The number of ether oxygens (including phenoxy) is 1. The van der Waals surface area contributed by atoms with Crippen LogP contribution in [0.3, 0.4) is 0 Å². The highest BCUT2D eigenvalue weighted by molar-refractivity contribution is 5.77. The van der Waals surface area contributed by atoms with Gasteiger partial charge in [0.15, 0.2) is 12.4 Å². The molecule has 0 saturated heterocycles. The highest BCUT2D eigenvalue weighted by Gasteiger charge is 2.15. The monoisotopic (exact) mass is 314 g/mol. The van der Waals surface area contributed by atoms with Crippen LogP contribution in [0.15, 0.2) is 54.6 Å². The van der Waals surface area contributed by atoms with E-state index in [0.29, 0.717) is 6.54 Å². The third kappa shape index (κ3) is 4.81. The number of para-hydroxylation sites is 2. The number of hydrogen-bond acceptors (Lipinski definition) is 4. The Kier molecular flexibility index (Phi) is 5.68. The first kappa shape index (κ1) is 16.5. The Hall–Kier alpha value is -2.89. The van der Waals surface area contributed by atoms with E-state index in [1.54, 1.807) is 12.1 Å². The molecule has 6 nitrogen and oxygen atoms in total. The fourth-order valence-corrected chi connectivity index (χ4v) is 2.09. The molecule has 1 unspecified atom stereocenters. The van der Waals surface area contributed by atoms with Crippen molar-refractivity contribution in [2.75, 3.05) is 13.2 Å². The standard InChI is InChI=1S/C17H18N2O4/c1-13(14-7-3-2-4-8-14)11-18-17(20)12-23-16-10-6-5-9-15(16)19(21)22/h2-10,13H,11-12H2,1H3,(H,18,20). The Labute approximate surface area is 134 Å². The summed E-state index contributed by atoms with van der Waals surface area (Å²) in [5.41, 5.74) is 0.977. The topological polar surface area (TPSA) is 81.5 Å². The van der Waals surface area contributed by atoms with Crippen LogP contribution in [0.25, 0.3) is 0 Å². The van der Waals surface area contributed by atoms with Crippen molar-refractivity contribution in [3.8, 4) is 5.75 Å². The lowest BCUT2D eigenvalue weighted by molar-refractivity contribution is -0.385. The van der Waals surface area contributed by atoms with Crippen molar-refractivity contribution < 1.29 is 14.5 Å². The van der Waals surface area contributed by atoms with Crippen LogP contribution < -0.4 is 10.1 Å². The molecule has 0 heterocycles. The average Bonchev–Trinajstić information content (AvgIpc) is 2.58. The van der Waals surface area contributed by atoms with Gasteiger partial charge in [0.2, 0.25) is 0 Å². The molecule has 120 valence electrons. The van der Waals surface area contributed by atoms with Gasteiger partial charge in [-0.05, 0) is 17.5 Å². The normalized spacial score (nSPS) is 11.5. The van der Waals surface area contributed by atoms with Gasteiger partial charge >= 0.3 is 5.69 Å². The second kappa shape index (κ2) is 7.93. The molecule has 2 rings (SSSR count). The Morgan fingerprint density at radius 2 is 1.83 bits per heavy atom. The number of hydrogen-bond donors (Lipinski definition) is 1. The second-order valence-electron chi connectivity index (χ2n) is 5.13. The molecule has 6 heteroatoms. The minimum absolute atomic E-state index is 0.0868. The fraction of sp³-hybridized carbons (Fsp3) is 0.235. The lowest BCUT2D eigenvalue weighted by atomic mass is 10.0. The molecule has 0 aliphatic carbocycles. The van der Waals surface area contributed by atoms with Gasteiger partial charge in [0.05, 0.1) is 4.92 Å².